The number of nitrogens with zero attached hydrogens (tertiary/aromatic N) is 8. The average Bonchev–Trinajstić information content (AvgIpc) is 1.63. The molecular weight excluding hydrogens is 2420 g/mol. The molecule has 8 heterocycles. The number of aliphatic hydroxyl groups is 2. The van der Waals surface area contributed by atoms with E-state index < -0.39 is 29.1 Å². The normalized spacial score (nSPS) is 13.1. The molecule has 3 saturated carbocycles. The van der Waals surface area contributed by atoms with E-state index in [4.69, 9.17) is 34.9 Å². The number of nitrogens with one attached hydrogen (secondary N) is 2. The van der Waals surface area contributed by atoms with Crippen LogP contribution in [-0.2, 0) is 61.4 Å². The maximum Gasteiger partial charge on any atom is 1.00 e. The number of nitrogens with two attached hydrogens (primary N) is 1. The first-order valence-corrected chi connectivity index (χ1v) is 58.1. The van der Waals surface area contributed by atoms with Gasteiger partial charge in [0.2, 0.25) is 0 Å². The van der Waals surface area contributed by atoms with Crippen LogP contribution >= 0.6 is 156 Å². The molecule has 5 amide bonds. The van der Waals surface area contributed by atoms with Crippen molar-refractivity contribution in [2.24, 2.45) is 23.5 Å². The van der Waals surface area contributed by atoms with Crippen LogP contribution in [-0.4, -0.2) is 151 Å². The SMILES string of the molecule is Brc1cncc(CNCC2CCCC2)c1.C.CC(C)(C)OC(=O)N(Cc1cncc(Br)c1)CC1CCCC1.CC(C)(C)OC(=O)OC(=O)OC(C)(C)C.CO.COc1cncc(Br)c1.NCc1cncc(Br)c1.O=C1NC(=O)c2ccccc21.O=C1c2ccccc2C(=O)N1Cc1cncc(Br)c1.O=CC1CCCC1.OCc1cncc(Br)c1.[B].[CH2-]CC.[H-].[I][V]([I])[I].[Na+]. The number of imide groups is 2. The zero-order chi connectivity index (χ0) is 93.7. The Morgan fingerprint density at radius 3 is 1.27 bits per heavy atom. The Hall–Kier alpha value is -4.34. The summed E-state index contributed by atoms with van der Waals surface area (Å²) in [5, 5.41) is 21.3. The van der Waals surface area contributed by atoms with Gasteiger partial charge in [0.15, 0.2) is 0 Å². The second-order valence-corrected chi connectivity index (χ2v) is 71.6. The maximum atomic E-state index is 12.5. The molecule has 5 aliphatic rings. The number of carbonyl (C=O) groups excluding carboxylic acids is 8. The van der Waals surface area contributed by atoms with Crippen molar-refractivity contribution < 1.29 is 108 Å². The van der Waals surface area contributed by atoms with E-state index in [0.717, 1.165) is 113 Å². The molecule has 0 bridgehead atoms. The van der Waals surface area contributed by atoms with Crippen molar-refractivity contribution in [3.05, 3.63) is 243 Å². The Labute approximate surface area is 869 Å². The zero-order valence-electron chi connectivity index (χ0n) is 75.0. The van der Waals surface area contributed by atoms with Crippen LogP contribution in [0.5, 0.6) is 5.75 Å². The molecule has 2 aliphatic heterocycles. The molecule has 0 spiro atoms. The second kappa shape index (κ2) is 70.3. The number of aliphatic hydroxyl groups excluding tert-OH is 2. The standard InChI is InChI=1S/C17H25BrN2O2.C14H9BrN2O2.C12H17BrN2.C10H18O5.C8H5NO2.C6H7BrN2.2C6H6BrNO.C6H10O.C3H7.CH4O.CH4.B.3HI.Na.V.H/c1-17(2,3)22-16(21)20(11-13-6-4-5-7-13)12-14-8-15(18)10-19-9-14;15-10-5-9(6-16-7-10)8-17-13(18)11-3-1-2-4-12(11)14(17)19;13-12-5-11(8-15-9-12)7-14-6-10-3-1-2-4-10;1-9(2,3)14-7(11)13-8(12)15-10(4,5)6;10-7-5-3-1-2-4-6(5)8(11)9-7;7-6-1-5(2-8)3-9-4-6;1-9-6-2-5(7)3-8-4-6;7-6-1-5(4-9)2-8-3-6;7-5-6-3-1-2-4-6;1-3-2;1-2;;;;;;;;/h8-10,13H,4-7,11-12H2,1-3H3;1-7H,8H2;5,8-10,14H,1-4,6-7H2;1-6H3;1-4H,(H,9,10,11);1,3-4H,2,8H2;2-4H,1H3;1-3,9H,4H2;5-6H,1-4H2;1,3H2,2H3;2H,1H3;1H4;;3*1H;;;/q;;;;;;;;;-1;;;;;;;+1;+3;-1/p-3. The van der Waals surface area contributed by atoms with Crippen molar-refractivity contribution >= 4 is 212 Å². The minimum Gasteiger partial charge on any atom is 1.00 e. The Balaban J connectivity index is -0.00000139. The number of pyridine rings is 6. The van der Waals surface area contributed by atoms with Crippen LogP contribution in [0.3, 0.4) is 0 Å². The Kier molecular flexibility index (Phi) is 69.1. The number of fused-ring (bicyclic) bond motifs is 2. The largest absolute Gasteiger partial charge is 1.00 e. The summed E-state index contributed by atoms with van der Waals surface area (Å²) in [5.41, 5.74) is 10.3. The first-order chi connectivity index (χ1) is 59.2. The third kappa shape index (κ3) is 57.4. The van der Waals surface area contributed by atoms with Crippen molar-refractivity contribution in [2.75, 3.05) is 27.3 Å². The Morgan fingerprint density at radius 2 is 0.914 bits per heavy atom. The molecule has 6 N–H and O–H groups in total. The molecule has 2 aromatic carbocycles. The third-order valence-corrected chi connectivity index (χ3v) is 19.4. The summed E-state index contributed by atoms with van der Waals surface area (Å²) >= 11 is 27.3. The van der Waals surface area contributed by atoms with E-state index in [-0.39, 0.29) is 94.6 Å². The number of hydrogen-bond acceptors (Lipinski definition) is 23. The molecule has 26 nitrogen and oxygen atoms in total. The van der Waals surface area contributed by atoms with Crippen LogP contribution < -0.4 is 50.7 Å². The van der Waals surface area contributed by atoms with Crippen molar-refractivity contribution in [1.82, 2.24) is 50.3 Å². The van der Waals surface area contributed by atoms with Crippen LogP contribution in [0.4, 0.5) is 14.4 Å². The number of aromatic nitrogens is 6. The van der Waals surface area contributed by atoms with Crippen LogP contribution in [0.1, 0.15) is 231 Å². The van der Waals surface area contributed by atoms with Crippen LogP contribution in [0.15, 0.2) is 186 Å². The van der Waals surface area contributed by atoms with Gasteiger partial charge in [-0.05, 0) is 303 Å². The number of hydrogen-bond donors (Lipinski definition) is 5. The van der Waals surface area contributed by atoms with Gasteiger partial charge in [-0.1, -0.05) is 77.1 Å². The quantitative estimate of drug-likeness (QED) is 0.00986. The first-order valence-electron chi connectivity index (χ1n) is 39.8. The van der Waals surface area contributed by atoms with Gasteiger partial charge in [-0.25, -0.2) is 14.4 Å². The molecule has 0 unspecified atom stereocenters. The number of ether oxygens (including phenoxy) is 5. The smallest absolute Gasteiger partial charge is 1.00 e. The summed E-state index contributed by atoms with van der Waals surface area (Å²) in [5.74, 6) is 1.58. The molecule has 3 radical (unpaired) electrons. The molecule has 6 aromatic heterocycles. The van der Waals surface area contributed by atoms with Crippen molar-refractivity contribution in [2.45, 2.75) is 210 Å². The zero-order valence-corrected chi connectivity index (χ0v) is 93.3. The second-order valence-electron chi connectivity index (χ2n) is 30.7. The maximum absolute atomic E-state index is 12.5. The number of carbonyl (C=O) groups is 8. The first kappa shape index (κ1) is 126. The molecule has 3 fully saturated rings. The summed E-state index contributed by atoms with van der Waals surface area (Å²) in [6.45, 7) is 25.5. The fraction of sp³-hybridized carbons (Fsp3) is 0.433. The van der Waals surface area contributed by atoms with E-state index in [1.165, 1.54) is 74.7 Å². The van der Waals surface area contributed by atoms with Crippen LogP contribution in [0.25, 0.3) is 0 Å². The Morgan fingerprint density at radius 1 is 0.570 bits per heavy atom. The third-order valence-electron chi connectivity index (χ3n) is 16.8. The van der Waals surface area contributed by atoms with Gasteiger partial charge < -0.3 is 63.0 Å². The van der Waals surface area contributed by atoms with E-state index in [1.807, 2.05) is 75.3 Å². The van der Waals surface area contributed by atoms with Gasteiger partial charge in [-0.15, -0.1) is 0 Å². The monoisotopic (exact) mass is 2530 g/mol. The molecule has 38 heteroatoms. The van der Waals surface area contributed by atoms with Gasteiger partial charge in [-0.3, -0.25) is 59.3 Å². The molecule has 0 atom stereocenters. The van der Waals surface area contributed by atoms with Crippen molar-refractivity contribution in [1.29, 1.82) is 0 Å². The van der Waals surface area contributed by atoms with E-state index in [0.29, 0.717) is 47.2 Å². The summed E-state index contributed by atoms with van der Waals surface area (Å²) in [7, 11) is 2.61. The minimum absolute atomic E-state index is 0. The summed E-state index contributed by atoms with van der Waals surface area (Å²) in [6.07, 6.45) is 35.9. The number of halogens is 9. The fourth-order valence-corrected chi connectivity index (χ4v) is 13.9. The predicted octanol–water partition coefficient (Wildman–Crippen LogP) is 20.7. The molecule has 3 aliphatic carbocycles. The number of aldehydes is 1. The van der Waals surface area contributed by atoms with Crippen molar-refractivity contribution in [3.63, 3.8) is 0 Å². The number of rotatable bonds is 14. The van der Waals surface area contributed by atoms with Gasteiger partial charge in [0.05, 0.1) is 55.3 Å². The molecule has 697 valence electrons. The van der Waals surface area contributed by atoms with Gasteiger partial charge >= 0.3 is 113 Å². The average molecular weight is 2540 g/mol. The van der Waals surface area contributed by atoms with Gasteiger partial charge in [0, 0.05) is 136 Å². The van der Waals surface area contributed by atoms with Crippen LogP contribution in [0, 0.1) is 24.7 Å². The van der Waals surface area contributed by atoms with Crippen molar-refractivity contribution in [3.8, 4) is 5.75 Å². The van der Waals surface area contributed by atoms with Crippen LogP contribution in [0.2, 0.25) is 0 Å². The van der Waals surface area contributed by atoms with Gasteiger partial charge in [0.25, 0.3) is 23.6 Å². The number of methoxy groups -OCH3 is 1. The molecule has 8 aromatic rings. The summed E-state index contributed by atoms with van der Waals surface area (Å²) in [4.78, 5) is 118. The fourth-order valence-electron chi connectivity index (χ4n) is 11.5. The van der Waals surface area contributed by atoms with E-state index in [9.17, 15) is 38.4 Å². The predicted molar refractivity (Wildman–Crippen MR) is 544 cm³/mol. The van der Waals surface area contributed by atoms with E-state index >= 15 is 0 Å². The molecule has 13 rings (SSSR count). The summed E-state index contributed by atoms with van der Waals surface area (Å²) in [6, 6.07) is 25.2. The van der Waals surface area contributed by atoms with Gasteiger partial charge in [0.1, 0.15) is 28.8 Å². The number of amides is 5. The Bertz CT molecular complexity index is 4380. The minimum atomic E-state index is -1.06. The van der Waals surface area contributed by atoms with E-state index in [2.05, 4.69) is 214 Å². The molecule has 0 saturated heterocycles. The molecular formula is C90H119BBr6I3N11NaO15V-. The van der Waals surface area contributed by atoms with E-state index in [1.54, 1.807) is 159 Å². The van der Waals surface area contributed by atoms with Gasteiger partial charge in [-0.2, -0.15) is 6.42 Å². The molecule has 128 heavy (non-hydrogen) atoms. The summed E-state index contributed by atoms with van der Waals surface area (Å²) < 4.78 is 29.9. The number of benzene rings is 2. The topological polar surface area (TPSA) is 357 Å².